The van der Waals surface area contributed by atoms with Crippen LogP contribution < -0.4 is 11.1 Å². The van der Waals surface area contributed by atoms with Crippen LogP contribution in [-0.4, -0.2) is 15.9 Å². The second-order valence-corrected chi connectivity index (χ2v) is 4.15. The smallest absolute Gasteiger partial charge is 0.228 e. The van der Waals surface area contributed by atoms with Crippen LogP contribution in [0.3, 0.4) is 0 Å². The highest BCUT2D eigenvalue weighted by Crippen LogP contribution is 2.28. The van der Waals surface area contributed by atoms with E-state index in [-0.39, 0.29) is 5.91 Å². The van der Waals surface area contributed by atoms with Gasteiger partial charge in [-0.25, -0.2) is 0 Å². The molecule has 3 rings (SSSR count). The van der Waals surface area contributed by atoms with Crippen LogP contribution >= 0.6 is 0 Å². The van der Waals surface area contributed by atoms with Crippen molar-refractivity contribution in [3.63, 3.8) is 0 Å². The van der Waals surface area contributed by atoms with Crippen LogP contribution in [0.4, 0.5) is 5.69 Å². The van der Waals surface area contributed by atoms with E-state index < -0.39 is 0 Å². The van der Waals surface area contributed by atoms with E-state index in [2.05, 4.69) is 15.3 Å². The summed E-state index contributed by atoms with van der Waals surface area (Å²) in [6.07, 6.45) is 3.69. The van der Waals surface area contributed by atoms with E-state index in [0.29, 0.717) is 13.0 Å². The summed E-state index contributed by atoms with van der Waals surface area (Å²) in [7, 11) is 0. The summed E-state index contributed by atoms with van der Waals surface area (Å²) in [5.74, 6) is 0.0281. The monoisotopic (exact) mass is 240 g/mol. The molecule has 1 aliphatic heterocycles. The first-order chi connectivity index (χ1) is 8.78. The zero-order valence-electron chi connectivity index (χ0n) is 9.68. The predicted octanol–water partition coefficient (Wildman–Crippen LogP) is 1.10. The van der Waals surface area contributed by atoms with E-state index in [1.165, 1.54) is 0 Å². The van der Waals surface area contributed by atoms with Crippen molar-refractivity contribution >= 4 is 11.6 Å². The van der Waals surface area contributed by atoms with Crippen molar-refractivity contribution in [2.45, 2.75) is 13.0 Å². The molecule has 2 heterocycles. The minimum Gasteiger partial charge on any atom is -0.326 e. The normalized spacial score (nSPS) is 13.3. The molecule has 1 aliphatic rings. The van der Waals surface area contributed by atoms with E-state index >= 15 is 0 Å². The van der Waals surface area contributed by atoms with E-state index in [4.69, 9.17) is 5.73 Å². The minimum absolute atomic E-state index is 0.0281. The Morgan fingerprint density at radius 2 is 2.11 bits per heavy atom. The third-order valence-electron chi connectivity index (χ3n) is 2.97. The SMILES string of the molecule is NCc1nccnc1-c1ccc2c(c1)CC(=O)N2. The first kappa shape index (κ1) is 10.9. The number of nitrogens with one attached hydrogen (secondary N) is 1. The summed E-state index contributed by atoms with van der Waals surface area (Å²) in [5, 5.41) is 2.80. The molecule has 5 nitrogen and oxygen atoms in total. The molecular weight excluding hydrogens is 228 g/mol. The fourth-order valence-electron chi connectivity index (χ4n) is 2.13. The number of hydrogen-bond donors (Lipinski definition) is 2. The summed E-state index contributed by atoms with van der Waals surface area (Å²) < 4.78 is 0. The van der Waals surface area contributed by atoms with Crippen molar-refractivity contribution in [1.29, 1.82) is 0 Å². The zero-order valence-corrected chi connectivity index (χ0v) is 9.68. The van der Waals surface area contributed by atoms with Crippen LogP contribution in [0.5, 0.6) is 0 Å². The molecule has 0 unspecified atom stereocenters. The molecule has 0 aliphatic carbocycles. The lowest BCUT2D eigenvalue weighted by Crippen LogP contribution is -2.03. The van der Waals surface area contributed by atoms with Gasteiger partial charge in [0.1, 0.15) is 0 Å². The largest absolute Gasteiger partial charge is 0.326 e. The topological polar surface area (TPSA) is 80.9 Å². The van der Waals surface area contributed by atoms with Crippen LogP contribution in [0.1, 0.15) is 11.3 Å². The molecule has 5 heteroatoms. The highest BCUT2D eigenvalue weighted by atomic mass is 16.1. The van der Waals surface area contributed by atoms with Gasteiger partial charge in [0.2, 0.25) is 5.91 Å². The van der Waals surface area contributed by atoms with Gasteiger partial charge in [0.15, 0.2) is 0 Å². The minimum atomic E-state index is 0.0281. The third kappa shape index (κ3) is 1.74. The fourth-order valence-corrected chi connectivity index (χ4v) is 2.13. The van der Waals surface area contributed by atoms with Gasteiger partial charge in [-0.15, -0.1) is 0 Å². The second kappa shape index (κ2) is 4.19. The quantitative estimate of drug-likeness (QED) is 0.823. The van der Waals surface area contributed by atoms with Gasteiger partial charge in [-0.3, -0.25) is 14.8 Å². The number of amides is 1. The van der Waals surface area contributed by atoms with Crippen LogP contribution in [0.2, 0.25) is 0 Å². The Morgan fingerprint density at radius 1 is 1.28 bits per heavy atom. The van der Waals surface area contributed by atoms with Crippen molar-refractivity contribution in [2.24, 2.45) is 5.73 Å². The van der Waals surface area contributed by atoms with Crippen molar-refractivity contribution in [2.75, 3.05) is 5.32 Å². The molecule has 0 bridgehead atoms. The molecule has 1 aromatic carbocycles. The molecule has 2 aromatic rings. The molecular formula is C13H12N4O. The maximum Gasteiger partial charge on any atom is 0.228 e. The average molecular weight is 240 g/mol. The highest BCUT2D eigenvalue weighted by Gasteiger charge is 2.18. The summed E-state index contributed by atoms with van der Waals surface area (Å²) in [4.78, 5) is 19.8. The van der Waals surface area contributed by atoms with Gasteiger partial charge in [-0.1, -0.05) is 6.07 Å². The molecule has 90 valence electrons. The Labute approximate surface area is 104 Å². The Morgan fingerprint density at radius 3 is 2.94 bits per heavy atom. The van der Waals surface area contributed by atoms with Gasteiger partial charge in [0.25, 0.3) is 0 Å². The Balaban J connectivity index is 2.08. The Hall–Kier alpha value is -2.27. The standard InChI is InChI=1S/C13H12N4O/c14-7-11-13(16-4-3-15-11)8-1-2-10-9(5-8)6-12(18)17-10/h1-5H,6-7,14H2,(H,17,18). The van der Waals surface area contributed by atoms with Crippen molar-refractivity contribution < 1.29 is 4.79 Å². The number of rotatable bonds is 2. The van der Waals surface area contributed by atoms with E-state index in [0.717, 1.165) is 28.2 Å². The van der Waals surface area contributed by atoms with Crippen LogP contribution in [0, 0.1) is 0 Å². The van der Waals surface area contributed by atoms with Gasteiger partial charge in [-0.2, -0.15) is 0 Å². The van der Waals surface area contributed by atoms with Gasteiger partial charge in [-0.05, 0) is 17.7 Å². The number of fused-ring (bicyclic) bond motifs is 1. The highest BCUT2D eigenvalue weighted by molar-refractivity contribution is 5.99. The number of anilines is 1. The molecule has 0 fully saturated rings. The van der Waals surface area contributed by atoms with Crippen molar-refractivity contribution in [1.82, 2.24) is 9.97 Å². The zero-order chi connectivity index (χ0) is 12.5. The van der Waals surface area contributed by atoms with Crippen molar-refractivity contribution in [3.8, 4) is 11.3 Å². The molecule has 0 spiro atoms. The Kier molecular flexibility index (Phi) is 2.53. The Bertz CT molecular complexity index is 624. The number of carbonyl (C=O) groups excluding carboxylic acids is 1. The molecule has 0 radical (unpaired) electrons. The molecule has 0 saturated carbocycles. The number of nitrogens with two attached hydrogens (primary N) is 1. The average Bonchev–Trinajstić information content (AvgIpc) is 2.77. The van der Waals surface area contributed by atoms with E-state index in [1.807, 2.05) is 18.2 Å². The number of carbonyl (C=O) groups is 1. The first-order valence-corrected chi connectivity index (χ1v) is 5.71. The lowest BCUT2D eigenvalue weighted by Gasteiger charge is -2.07. The van der Waals surface area contributed by atoms with Gasteiger partial charge in [0, 0.05) is 30.2 Å². The maximum atomic E-state index is 11.3. The molecule has 0 saturated heterocycles. The third-order valence-corrected chi connectivity index (χ3v) is 2.97. The summed E-state index contributed by atoms with van der Waals surface area (Å²) in [5.41, 5.74) is 10.0. The lowest BCUT2D eigenvalue weighted by molar-refractivity contribution is -0.115. The van der Waals surface area contributed by atoms with Crippen LogP contribution in [0.25, 0.3) is 11.3 Å². The maximum absolute atomic E-state index is 11.3. The van der Waals surface area contributed by atoms with Crippen LogP contribution in [0.15, 0.2) is 30.6 Å². The molecule has 3 N–H and O–H groups in total. The number of hydrogen-bond acceptors (Lipinski definition) is 4. The first-order valence-electron chi connectivity index (χ1n) is 5.71. The predicted molar refractivity (Wildman–Crippen MR) is 67.7 cm³/mol. The number of nitrogens with zero attached hydrogens (tertiary/aromatic N) is 2. The fraction of sp³-hybridized carbons (Fsp3) is 0.154. The van der Waals surface area contributed by atoms with Crippen molar-refractivity contribution in [3.05, 3.63) is 41.9 Å². The summed E-state index contributed by atoms with van der Waals surface area (Å²) in [6.45, 7) is 0.345. The van der Waals surface area contributed by atoms with E-state index in [1.54, 1.807) is 12.4 Å². The number of aromatic nitrogens is 2. The summed E-state index contributed by atoms with van der Waals surface area (Å²) >= 11 is 0. The molecule has 1 amide bonds. The van der Waals surface area contributed by atoms with Gasteiger partial charge < -0.3 is 11.1 Å². The van der Waals surface area contributed by atoms with Gasteiger partial charge >= 0.3 is 0 Å². The van der Waals surface area contributed by atoms with E-state index in [9.17, 15) is 4.79 Å². The lowest BCUT2D eigenvalue weighted by atomic mass is 10.0. The van der Waals surface area contributed by atoms with Gasteiger partial charge in [0.05, 0.1) is 17.8 Å². The molecule has 18 heavy (non-hydrogen) atoms. The second-order valence-electron chi connectivity index (χ2n) is 4.15. The van der Waals surface area contributed by atoms with Crippen LogP contribution in [-0.2, 0) is 17.8 Å². The summed E-state index contributed by atoms with van der Waals surface area (Å²) in [6, 6.07) is 5.79. The molecule has 0 atom stereocenters. The molecule has 1 aromatic heterocycles. The number of benzene rings is 1.